The smallest absolute Gasteiger partial charge is 0.339 e. The molecular formula is C20H16N6O4. The van der Waals surface area contributed by atoms with E-state index in [2.05, 4.69) is 20.6 Å². The predicted octanol–water partition coefficient (Wildman–Crippen LogP) is 3.15. The summed E-state index contributed by atoms with van der Waals surface area (Å²) in [6.07, 6.45) is 1.23. The van der Waals surface area contributed by atoms with Crippen LogP contribution in [0, 0.1) is 21.4 Å². The van der Waals surface area contributed by atoms with Gasteiger partial charge in [-0.3, -0.25) is 10.1 Å². The first-order chi connectivity index (χ1) is 14.5. The van der Waals surface area contributed by atoms with Crippen LogP contribution >= 0.6 is 0 Å². The van der Waals surface area contributed by atoms with E-state index in [1.165, 1.54) is 18.3 Å². The zero-order valence-electron chi connectivity index (χ0n) is 15.6. The molecule has 10 heteroatoms. The van der Waals surface area contributed by atoms with Gasteiger partial charge in [-0.2, -0.15) is 5.26 Å². The first-order valence-corrected chi connectivity index (χ1v) is 8.81. The number of carboxylic acids is 1. The Balaban J connectivity index is 1.66. The molecule has 0 saturated heterocycles. The van der Waals surface area contributed by atoms with E-state index in [-0.39, 0.29) is 22.9 Å². The molecular weight excluding hydrogens is 388 g/mol. The van der Waals surface area contributed by atoms with Crippen LogP contribution in [0.15, 0.2) is 54.7 Å². The number of hydrogen-bond donors (Lipinski definition) is 3. The van der Waals surface area contributed by atoms with Crippen molar-refractivity contribution in [2.45, 2.75) is 0 Å². The third kappa shape index (κ3) is 4.85. The molecule has 0 saturated carbocycles. The lowest BCUT2D eigenvalue weighted by molar-refractivity contribution is -0.384. The Morgan fingerprint density at radius 3 is 2.37 bits per heavy atom. The largest absolute Gasteiger partial charge is 0.478 e. The molecule has 10 nitrogen and oxygen atoms in total. The molecule has 0 aliphatic rings. The minimum Gasteiger partial charge on any atom is -0.478 e. The molecule has 0 spiro atoms. The second-order valence-electron chi connectivity index (χ2n) is 6.11. The van der Waals surface area contributed by atoms with Gasteiger partial charge in [0.2, 0.25) is 5.95 Å². The van der Waals surface area contributed by atoms with E-state index in [1.807, 2.05) is 6.07 Å². The molecule has 150 valence electrons. The molecule has 1 aromatic heterocycles. The molecule has 3 N–H and O–H groups in total. The number of nitrogens with zero attached hydrogens (tertiary/aromatic N) is 4. The highest BCUT2D eigenvalue weighted by molar-refractivity contribution is 5.94. The Morgan fingerprint density at radius 1 is 1.10 bits per heavy atom. The van der Waals surface area contributed by atoms with Gasteiger partial charge in [-0.1, -0.05) is 12.1 Å². The fraction of sp³-hybridized carbons (Fsp3) is 0.100. The SMILES string of the molecule is N#Cc1ccc(-c2nc(NCCNc3ccc([N+](=O)[O-])cc3)ncc2C(=O)O)cc1. The Morgan fingerprint density at radius 2 is 1.77 bits per heavy atom. The standard InChI is InChI=1S/C20H16N6O4/c21-11-13-1-3-14(4-2-13)18-17(19(27)28)12-24-20(25-18)23-10-9-22-15-5-7-16(8-6-15)26(29)30/h1-8,12,22H,9-10H2,(H,27,28)(H,23,24,25). The van der Waals surface area contributed by atoms with Gasteiger partial charge in [0.1, 0.15) is 5.56 Å². The number of aromatic carboxylic acids is 1. The average Bonchev–Trinajstić information content (AvgIpc) is 2.77. The van der Waals surface area contributed by atoms with Crippen LogP contribution in [0.5, 0.6) is 0 Å². The maximum Gasteiger partial charge on any atom is 0.339 e. The molecule has 0 bridgehead atoms. The van der Waals surface area contributed by atoms with E-state index in [0.717, 1.165) is 5.69 Å². The minimum absolute atomic E-state index is 0.0147. The molecule has 0 amide bonds. The summed E-state index contributed by atoms with van der Waals surface area (Å²) in [5.41, 5.74) is 1.95. The van der Waals surface area contributed by atoms with Gasteiger partial charge in [0.05, 0.1) is 22.2 Å². The van der Waals surface area contributed by atoms with Crippen LogP contribution in [-0.2, 0) is 0 Å². The normalized spacial score (nSPS) is 10.1. The van der Waals surface area contributed by atoms with Crippen LogP contribution in [0.2, 0.25) is 0 Å². The summed E-state index contributed by atoms with van der Waals surface area (Å²) in [5.74, 6) is -0.898. The number of non-ortho nitro benzene ring substituents is 1. The second-order valence-corrected chi connectivity index (χ2v) is 6.11. The van der Waals surface area contributed by atoms with E-state index < -0.39 is 10.9 Å². The van der Waals surface area contributed by atoms with E-state index in [4.69, 9.17) is 5.26 Å². The molecule has 0 aliphatic heterocycles. The van der Waals surface area contributed by atoms with Crippen molar-refractivity contribution in [3.63, 3.8) is 0 Å². The van der Waals surface area contributed by atoms with Gasteiger partial charge in [-0.15, -0.1) is 0 Å². The molecule has 0 atom stereocenters. The summed E-state index contributed by atoms with van der Waals surface area (Å²) >= 11 is 0. The Labute approximate surface area is 171 Å². The number of nitrogens with one attached hydrogen (secondary N) is 2. The van der Waals surface area contributed by atoms with Crippen molar-refractivity contribution in [1.82, 2.24) is 9.97 Å². The molecule has 0 unspecified atom stereocenters. The van der Waals surface area contributed by atoms with Crippen LogP contribution in [0.1, 0.15) is 15.9 Å². The Hall–Kier alpha value is -4.52. The molecule has 0 aliphatic carbocycles. The van der Waals surface area contributed by atoms with Crippen LogP contribution < -0.4 is 10.6 Å². The van der Waals surface area contributed by atoms with Gasteiger partial charge >= 0.3 is 5.97 Å². The Kier molecular flexibility index (Phi) is 6.14. The zero-order valence-corrected chi connectivity index (χ0v) is 15.6. The lowest BCUT2D eigenvalue weighted by atomic mass is 10.1. The predicted molar refractivity (Wildman–Crippen MR) is 109 cm³/mol. The highest BCUT2D eigenvalue weighted by Crippen LogP contribution is 2.23. The van der Waals surface area contributed by atoms with Crippen LogP contribution in [0.4, 0.5) is 17.3 Å². The van der Waals surface area contributed by atoms with Crippen LogP contribution in [-0.4, -0.2) is 39.1 Å². The number of rotatable bonds is 8. The minimum atomic E-state index is -1.15. The van der Waals surface area contributed by atoms with Gasteiger partial charge in [0, 0.05) is 42.7 Å². The number of aromatic nitrogens is 2. The molecule has 0 fully saturated rings. The van der Waals surface area contributed by atoms with Crippen molar-refractivity contribution >= 4 is 23.3 Å². The first kappa shape index (κ1) is 20.2. The molecule has 0 radical (unpaired) electrons. The van der Waals surface area contributed by atoms with Gasteiger partial charge in [0.15, 0.2) is 0 Å². The van der Waals surface area contributed by atoms with Crippen molar-refractivity contribution in [3.05, 3.63) is 76.0 Å². The van der Waals surface area contributed by atoms with Crippen molar-refractivity contribution in [1.29, 1.82) is 5.26 Å². The average molecular weight is 404 g/mol. The maximum absolute atomic E-state index is 11.5. The third-order valence-corrected chi connectivity index (χ3v) is 4.12. The van der Waals surface area contributed by atoms with E-state index in [9.17, 15) is 20.0 Å². The summed E-state index contributed by atoms with van der Waals surface area (Å²) in [6.45, 7) is 0.907. The van der Waals surface area contributed by atoms with Crippen LogP contribution in [0.25, 0.3) is 11.3 Å². The summed E-state index contributed by atoms with van der Waals surface area (Å²) in [6, 6.07) is 14.5. The maximum atomic E-state index is 11.5. The van der Waals surface area contributed by atoms with E-state index >= 15 is 0 Å². The lowest BCUT2D eigenvalue weighted by Gasteiger charge is -2.10. The van der Waals surface area contributed by atoms with Crippen molar-refractivity contribution in [2.24, 2.45) is 0 Å². The number of anilines is 2. The van der Waals surface area contributed by atoms with Gasteiger partial charge in [-0.05, 0) is 24.3 Å². The summed E-state index contributed by atoms with van der Waals surface area (Å²) in [5, 5.41) is 35.1. The number of hydrogen-bond acceptors (Lipinski definition) is 8. The van der Waals surface area contributed by atoms with Crippen molar-refractivity contribution in [3.8, 4) is 17.3 Å². The molecule has 2 aromatic carbocycles. The number of benzene rings is 2. The van der Waals surface area contributed by atoms with Gasteiger partial charge < -0.3 is 15.7 Å². The van der Waals surface area contributed by atoms with Crippen molar-refractivity contribution < 1.29 is 14.8 Å². The third-order valence-electron chi connectivity index (χ3n) is 4.12. The number of nitriles is 1. The van der Waals surface area contributed by atoms with Crippen molar-refractivity contribution in [2.75, 3.05) is 23.7 Å². The zero-order chi connectivity index (χ0) is 21.5. The molecule has 3 rings (SSSR count). The highest BCUT2D eigenvalue weighted by Gasteiger charge is 2.15. The van der Waals surface area contributed by atoms with Gasteiger partial charge in [-0.25, -0.2) is 14.8 Å². The number of carboxylic acid groups (broad SMARTS) is 1. The molecule has 30 heavy (non-hydrogen) atoms. The first-order valence-electron chi connectivity index (χ1n) is 8.81. The lowest BCUT2D eigenvalue weighted by Crippen LogP contribution is -2.16. The topological polar surface area (TPSA) is 154 Å². The van der Waals surface area contributed by atoms with E-state index in [0.29, 0.717) is 24.2 Å². The summed E-state index contributed by atoms with van der Waals surface area (Å²) in [4.78, 5) is 30.1. The number of carbonyl (C=O) groups is 1. The molecule has 3 aromatic rings. The fourth-order valence-corrected chi connectivity index (χ4v) is 2.63. The quantitative estimate of drug-likeness (QED) is 0.292. The number of nitro benzene ring substituents is 1. The highest BCUT2D eigenvalue weighted by atomic mass is 16.6. The summed E-state index contributed by atoms with van der Waals surface area (Å²) in [7, 11) is 0. The monoisotopic (exact) mass is 404 g/mol. The van der Waals surface area contributed by atoms with Gasteiger partial charge in [0.25, 0.3) is 5.69 Å². The van der Waals surface area contributed by atoms with Crippen LogP contribution in [0.3, 0.4) is 0 Å². The fourth-order valence-electron chi connectivity index (χ4n) is 2.63. The van der Waals surface area contributed by atoms with E-state index in [1.54, 1.807) is 36.4 Å². The number of nitro groups is 1. The molecule has 1 heterocycles. The summed E-state index contributed by atoms with van der Waals surface area (Å²) < 4.78 is 0. The Bertz CT molecular complexity index is 1110. The second kappa shape index (κ2) is 9.11.